The van der Waals surface area contributed by atoms with E-state index in [-0.39, 0.29) is 17.8 Å². The van der Waals surface area contributed by atoms with Crippen molar-refractivity contribution in [1.29, 1.82) is 0 Å². The van der Waals surface area contributed by atoms with Gasteiger partial charge in [0.25, 0.3) is 5.91 Å². The molecule has 1 aromatic rings. The van der Waals surface area contributed by atoms with E-state index in [1.807, 2.05) is 17.9 Å². The van der Waals surface area contributed by atoms with Crippen molar-refractivity contribution < 1.29 is 14.3 Å². The van der Waals surface area contributed by atoms with Crippen LogP contribution in [0, 0.1) is 12.8 Å². The quantitative estimate of drug-likeness (QED) is 0.600. The zero-order valence-corrected chi connectivity index (χ0v) is 16.1. The summed E-state index contributed by atoms with van der Waals surface area (Å²) in [5.74, 6) is -0.101. The van der Waals surface area contributed by atoms with E-state index in [0.29, 0.717) is 39.1 Å². The van der Waals surface area contributed by atoms with Crippen molar-refractivity contribution in [2.45, 2.75) is 58.9 Å². The van der Waals surface area contributed by atoms with E-state index in [9.17, 15) is 9.59 Å². The summed E-state index contributed by atoms with van der Waals surface area (Å²) in [4.78, 5) is 27.1. The Morgan fingerprint density at radius 3 is 2.58 bits per heavy atom. The predicted octanol–water partition coefficient (Wildman–Crippen LogP) is 3.28. The molecule has 5 nitrogen and oxygen atoms in total. The van der Waals surface area contributed by atoms with Gasteiger partial charge in [0, 0.05) is 25.3 Å². The Morgan fingerprint density at radius 2 is 1.92 bits per heavy atom. The summed E-state index contributed by atoms with van der Waals surface area (Å²) in [6, 6.07) is 0. The Labute approximate surface area is 156 Å². The molecule has 26 heavy (non-hydrogen) atoms. The van der Waals surface area contributed by atoms with Crippen molar-refractivity contribution in [3.05, 3.63) is 35.2 Å². The lowest BCUT2D eigenvalue weighted by Crippen LogP contribution is -2.41. The van der Waals surface area contributed by atoms with Crippen molar-refractivity contribution in [1.82, 2.24) is 9.47 Å². The molecule has 1 saturated heterocycles. The van der Waals surface area contributed by atoms with Crippen molar-refractivity contribution in [3.8, 4) is 0 Å². The molecule has 1 aromatic heterocycles. The average molecular weight is 358 g/mol. The van der Waals surface area contributed by atoms with Crippen LogP contribution in [-0.4, -0.2) is 41.0 Å². The molecule has 2 heterocycles. The van der Waals surface area contributed by atoms with Gasteiger partial charge in [0.05, 0.1) is 12.5 Å². The van der Waals surface area contributed by atoms with Crippen LogP contribution in [0.2, 0.25) is 0 Å². The molecule has 0 N–H and O–H groups in total. The molecule has 1 aliphatic heterocycles. The number of hydrogen-bond donors (Lipinski definition) is 0. The van der Waals surface area contributed by atoms with Gasteiger partial charge in [-0.25, -0.2) is 0 Å². The van der Waals surface area contributed by atoms with Crippen LogP contribution in [0.4, 0.5) is 0 Å². The van der Waals surface area contributed by atoms with E-state index in [2.05, 4.69) is 18.1 Å². The van der Waals surface area contributed by atoms with Crippen LogP contribution in [0.3, 0.4) is 0 Å². The third-order valence-corrected chi connectivity index (χ3v) is 5.76. The highest BCUT2D eigenvalue weighted by Gasteiger charge is 2.32. The third kappa shape index (κ3) is 3.44. The van der Waals surface area contributed by atoms with Crippen LogP contribution in [0.25, 0.3) is 0 Å². The lowest BCUT2D eigenvalue weighted by Gasteiger charge is -2.31. The minimum atomic E-state index is -0.124. The predicted molar refractivity (Wildman–Crippen MR) is 101 cm³/mol. The van der Waals surface area contributed by atoms with Crippen molar-refractivity contribution in [3.63, 3.8) is 0 Å². The summed E-state index contributed by atoms with van der Waals surface area (Å²) in [6.45, 7) is 10.1. The van der Waals surface area contributed by atoms with Crippen molar-refractivity contribution in [2.75, 3.05) is 19.7 Å². The molecule has 0 atom stereocenters. The van der Waals surface area contributed by atoms with Gasteiger partial charge in [-0.05, 0) is 63.5 Å². The van der Waals surface area contributed by atoms with Crippen LogP contribution in [0.15, 0.2) is 12.7 Å². The van der Waals surface area contributed by atoms with E-state index < -0.39 is 0 Å². The molecule has 0 radical (unpaired) electrons. The first-order valence-electron chi connectivity index (χ1n) is 9.86. The molecule has 0 saturated carbocycles. The Morgan fingerprint density at radius 1 is 1.23 bits per heavy atom. The molecule has 0 spiro atoms. The van der Waals surface area contributed by atoms with Gasteiger partial charge in [0.2, 0.25) is 0 Å². The summed E-state index contributed by atoms with van der Waals surface area (Å²) in [7, 11) is 0. The summed E-state index contributed by atoms with van der Waals surface area (Å²) >= 11 is 0. The van der Waals surface area contributed by atoms with Gasteiger partial charge in [-0.2, -0.15) is 0 Å². The largest absolute Gasteiger partial charge is 0.466 e. The van der Waals surface area contributed by atoms with E-state index in [1.165, 1.54) is 24.1 Å². The van der Waals surface area contributed by atoms with Crippen molar-refractivity contribution in [2.24, 2.45) is 5.92 Å². The monoisotopic (exact) mass is 358 g/mol. The summed E-state index contributed by atoms with van der Waals surface area (Å²) in [6.07, 6.45) is 7.74. The number of esters is 1. The summed E-state index contributed by atoms with van der Waals surface area (Å²) in [5, 5.41) is 0. The highest BCUT2D eigenvalue weighted by atomic mass is 16.5. The van der Waals surface area contributed by atoms with Crippen LogP contribution in [0.1, 0.15) is 59.9 Å². The first-order valence-corrected chi connectivity index (χ1v) is 9.86. The van der Waals surface area contributed by atoms with E-state index in [4.69, 9.17) is 4.74 Å². The Kier molecular flexibility index (Phi) is 5.84. The summed E-state index contributed by atoms with van der Waals surface area (Å²) < 4.78 is 7.31. The Bertz CT molecular complexity index is 697. The Hall–Kier alpha value is -2.04. The lowest BCUT2D eigenvalue weighted by atomic mass is 9.94. The first kappa shape index (κ1) is 18.7. The van der Waals surface area contributed by atoms with Gasteiger partial charge in [0.15, 0.2) is 0 Å². The second kappa shape index (κ2) is 8.11. The second-order valence-corrected chi connectivity index (χ2v) is 7.32. The number of allylic oxidation sites excluding steroid dienone is 1. The van der Waals surface area contributed by atoms with Gasteiger partial charge in [-0.1, -0.05) is 6.08 Å². The number of piperidine rings is 1. The molecule has 1 amide bonds. The number of aromatic nitrogens is 1. The number of likely N-dealkylation sites (tertiary alicyclic amines) is 1. The molecule has 0 aromatic carbocycles. The molecule has 5 heteroatoms. The number of rotatable bonds is 5. The zero-order chi connectivity index (χ0) is 18.7. The highest BCUT2D eigenvalue weighted by molar-refractivity contribution is 5.95. The fourth-order valence-corrected chi connectivity index (χ4v) is 4.41. The van der Waals surface area contributed by atoms with Gasteiger partial charge in [-0.15, -0.1) is 6.58 Å². The zero-order valence-electron chi connectivity index (χ0n) is 16.1. The molecule has 142 valence electrons. The van der Waals surface area contributed by atoms with E-state index in [1.54, 1.807) is 0 Å². The highest BCUT2D eigenvalue weighted by Crippen LogP contribution is 2.31. The molecule has 0 bridgehead atoms. The minimum absolute atomic E-state index is 0.0757. The number of nitrogens with zero attached hydrogens (tertiary/aromatic N) is 2. The SMILES string of the molecule is C=CCn1c2c(c(C)c1C(=O)N1CCC(C(=O)OCC)CC1)CCCC2. The van der Waals surface area contributed by atoms with Crippen LogP contribution >= 0.6 is 0 Å². The lowest BCUT2D eigenvalue weighted by molar-refractivity contribution is -0.149. The van der Waals surface area contributed by atoms with Crippen LogP contribution in [-0.2, 0) is 28.9 Å². The maximum Gasteiger partial charge on any atom is 0.309 e. The molecule has 2 aliphatic rings. The van der Waals surface area contributed by atoms with Gasteiger partial charge in [0.1, 0.15) is 5.69 Å². The average Bonchev–Trinajstić information content (AvgIpc) is 2.94. The number of ether oxygens (including phenoxy) is 1. The maximum atomic E-state index is 13.3. The van der Waals surface area contributed by atoms with Gasteiger partial charge in [-0.3, -0.25) is 9.59 Å². The number of hydrogen-bond acceptors (Lipinski definition) is 3. The van der Waals surface area contributed by atoms with Gasteiger partial charge < -0.3 is 14.2 Å². The molecule has 1 fully saturated rings. The smallest absolute Gasteiger partial charge is 0.309 e. The van der Waals surface area contributed by atoms with Crippen LogP contribution < -0.4 is 0 Å². The van der Waals surface area contributed by atoms with E-state index in [0.717, 1.165) is 24.1 Å². The molecule has 1 aliphatic carbocycles. The second-order valence-electron chi connectivity index (χ2n) is 7.32. The number of carbonyl (C=O) groups is 2. The molecular weight excluding hydrogens is 328 g/mol. The van der Waals surface area contributed by atoms with Gasteiger partial charge >= 0.3 is 5.97 Å². The third-order valence-electron chi connectivity index (χ3n) is 5.76. The molecule has 0 unspecified atom stereocenters. The standard InChI is InChI=1S/C21H30N2O3/c1-4-12-23-18-9-7-6-8-17(18)15(3)19(23)20(24)22-13-10-16(11-14-22)21(25)26-5-2/h4,16H,1,5-14H2,2-3H3. The van der Waals surface area contributed by atoms with Crippen LogP contribution in [0.5, 0.6) is 0 Å². The number of fused-ring (bicyclic) bond motifs is 1. The molecule has 3 rings (SSSR count). The fraction of sp³-hybridized carbons (Fsp3) is 0.619. The Balaban J connectivity index is 1.79. The number of carbonyl (C=O) groups excluding carboxylic acids is 2. The normalized spacial score (nSPS) is 17.7. The number of amides is 1. The topological polar surface area (TPSA) is 51.5 Å². The molecular formula is C21H30N2O3. The van der Waals surface area contributed by atoms with E-state index >= 15 is 0 Å². The maximum absolute atomic E-state index is 13.3. The fourth-order valence-electron chi connectivity index (χ4n) is 4.41. The summed E-state index contributed by atoms with van der Waals surface area (Å²) in [5.41, 5.74) is 4.65. The minimum Gasteiger partial charge on any atom is -0.466 e. The van der Waals surface area contributed by atoms with Crippen molar-refractivity contribution >= 4 is 11.9 Å². The first-order chi connectivity index (χ1) is 12.6.